The zero-order valence-electron chi connectivity index (χ0n) is 11.2. The lowest BCUT2D eigenvalue weighted by atomic mass is 10.0. The summed E-state index contributed by atoms with van der Waals surface area (Å²) in [5.41, 5.74) is 0. The molecule has 2 atom stereocenters. The summed E-state index contributed by atoms with van der Waals surface area (Å²) < 4.78 is 5.34. The van der Waals surface area contributed by atoms with E-state index in [2.05, 4.69) is 25.7 Å². The molecule has 2 unspecified atom stereocenters. The Labute approximate surface area is 104 Å². The molecule has 0 aromatic rings. The number of rotatable bonds is 7. The van der Waals surface area contributed by atoms with Crippen molar-refractivity contribution in [1.29, 1.82) is 0 Å². The maximum atomic E-state index is 11.2. The Kier molecular flexibility index (Phi) is 5.92. The largest absolute Gasteiger partial charge is 0.481 e. The molecule has 17 heavy (non-hydrogen) atoms. The van der Waals surface area contributed by atoms with E-state index in [0.717, 1.165) is 25.9 Å². The average molecular weight is 243 g/mol. The van der Waals surface area contributed by atoms with Crippen LogP contribution in [0.4, 0.5) is 0 Å². The van der Waals surface area contributed by atoms with Crippen molar-refractivity contribution >= 4 is 5.97 Å². The van der Waals surface area contributed by atoms with Gasteiger partial charge in [0.2, 0.25) is 0 Å². The second kappa shape index (κ2) is 6.97. The molecule has 1 rings (SSSR count). The van der Waals surface area contributed by atoms with Crippen LogP contribution in [0.15, 0.2) is 0 Å². The fourth-order valence-corrected chi connectivity index (χ4v) is 2.29. The van der Waals surface area contributed by atoms with Crippen LogP contribution >= 0.6 is 0 Å². The van der Waals surface area contributed by atoms with Gasteiger partial charge < -0.3 is 9.84 Å². The van der Waals surface area contributed by atoms with E-state index in [-0.39, 0.29) is 12.0 Å². The maximum Gasteiger partial charge on any atom is 0.310 e. The van der Waals surface area contributed by atoms with Gasteiger partial charge in [-0.25, -0.2) is 0 Å². The number of aliphatic carboxylic acids is 1. The van der Waals surface area contributed by atoms with Crippen molar-refractivity contribution < 1.29 is 14.6 Å². The van der Waals surface area contributed by atoms with Gasteiger partial charge in [-0.3, -0.25) is 9.69 Å². The summed E-state index contributed by atoms with van der Waals surface area (Å²) in [6.45, 7) is 9.40. The van der Waals surface area contributed by atoms with Crippen LogP contribution in [0.1, 0.15) is 33.6 Å². The highest BCUT2D eigenvalue weighted by molar-refractivity contribution is 5.71. The van der Waals surface area contributed by atoms with Gasteiger partial charge in [0.1, 0.15) is 0 Å². The Balaban J connectivity index is 2.58. The van der Waals surface area contributed by atoms with Crippen LogP contribution in [0.25, 0.3) is 0 Å². The van der Waals surface area contributed by atoms with Crippen LogP contribution < -0.4 is 0 Å². The van der Waals surface area contributed by atoms with Gasteiger partial charge in [-0.15, -0.1) is 0 Å². The molecule has 0 radical (unpaired) electrons. The molecule has 1 aliphatic rings. The molecule has 0 aromatic carbocycles. The number of hydrogen-bond acceptors (Lipinski definition) is 3. The van der Waals surface area contributed by atoms with E-state index < -0.39 is 5.97 Å². The van der Waals surface area contributed by atoms with Gasteiger partial charge in [-0.2, -0.15) is 0 Å². The maximum absolute atomic E-state index is 11.2. The van der Waals surface area contributed by atoms with Gasteiger partial charge in [0, 0.05) is 6.04 Å². The van der Waals surface area contributed by atoms with Crippen LogP contribution in [0.3, 0.4) is 0 Å². The first kappa shape index (κ1) is 14.5. The third kappa shape index (κ3) is 4.28. The van der Waals surface area contributed by atoms with Crippen molar-refractivity contribution in [1.82, 2.24) is 4.90 Å². The second-order valence-corrected chi connectivity index (χ2v) is 5.27. The molecule has 1 saturated heterocycles. The fourth-order valence-electron chi connectivity index (χ4n) is 2.29. The Hall–Kier alpha value is -0.610. The Morgan fingerprint density at radius 3 is 2.65 bits per heavy atom. The standard InChI is InChI=1S/C13H25NO3/c1-4-6-14(7-5-10(2)3)12-9-17-8-11(12)13(15)16/h10-12H,4-9H2,1-3H3,(H,15,16). The molecule has 1 heterocycles. The molecule has 1 fully saturated rings. The van der Waals surface area contributed by atoms with Crippen LogP contribution in [0.2, 0.25) is 0 Å². The number of ether oxygens (including phenoxy) is 1. The Bertz CT molecular complexity index is 243. The van der Waals surface area contributed by atoms with Gasteiger partial charge >= 0.3 is 5.97 Å². The lowest BCUT2D eigenvalue weighted by molar-refractivity contribution is -0.143. The number of nitrogens with zero attached hydrogens (tertiary/aromatic N) is 1. The molecule has 1 N–H and O–H groups in total. The zero-order chi connectivity index (χ0) is 12.8. The van der Waals surface area contributed by atoms with E-state index in [1.54, 1.807) is 0 Å². The van der Waals surface area contributed by atoms with Crippen LogP contribution in [-0.2, 0) is 9.53 Å². The molecule has 100 valence electrons. The molecular weight excluding hydrogens is 218 g/mol. The summed E-state index contributed by atoms with van der Waals surface area (Å²) in [4.78, 5) is 13.4. The van der Waals surface area contributed by atoms with Crippen molar-refractivity contribution in [3.05, 3.63) is 0 Å². The third-order valence-corrected chi connectivity index (χ3v) is 3.34. The van der Waals surface area contributed by atoms with Crippen molar-refractivity contribution in [3.8, 4) is 0 Å². The van der Waals surface area contributed by atoms with E-state index in [1.165, 1.54) is 0 Å². The monoisotopic (exact) mass is 243 g/mol. The molecule has 1 aliphatic heterocycles. The molecule has 4 heteroatoms. The highest BCUT2D eigenvalue weighted by Crippen LogP contribution is 2.21. The minimum Gasteiger partial charge on any atom is -0.481 e. The molecule has 0 bridgehead atoms. The highest BCUT2D eigenvalue weighted by Gasteiger charge is 2.37. The highest BCUT2D eigenvalue weighted by atomic mass is 16.5. The predicted molar refractivity (Wildman–Crippen MR) is 67.1 cm³/mol. The van der Waals surface area contributed by atoms with Gasteiger partial charge in [0.15, 0.2) is 0 Å². The summed E-state index contributed by atoms with van der Waals surface area (Å²) in [6, 6.07) is 0.0613. The fraction of sp³-hybridized carbons (Fsp3) is 0.923. The van der Waals surface area contributed by atoms with E-state index in [0.29, 0.717) is 19.1 Å². The summed E-state index contributed by atoms with van der Waals surface area (Å²) in [7, 11) is 0. The van der Waals surface area contributed by atoms with E-state index in [9.17, 15) is 9.90 Å². The van der Waals surface area contributed by atoms with Crippen molar-refractivity contribution in [2.24, 2.45) is 11.8 Å². The number of carboxylic acid groups (broad SMARTS) is 1. The molecular formula is C13H25NO3. The SMILES string of the molecule is CCCN(CCC(C)C)C1COCC1C(=O)O. The van der Waals surface area contributed by atoms with Gasteiger partial charge in [0.05, 0.1) is 19.1 Å². The molecule has 0 saturated carbocycles. The smallest absolute Gasteiger partial charge is 0.310 e. The minimum atomic E-state index is -0.724. The van der Waals surface area contributed by atoms with Crippen LogP contribution in [0.5, 0.6) is 0 Å². The normalized spacial score (nSPS) is 24.8. The van der Waals surface area contributed by atoms with Gasteiger partial charge in [0.25, 0.3) is 0 Å². The minimum absolute atomic E-state index is 0.0613. The summed E-state index contributed by atoms with van der Waals surface area (Å²) in [5, 5.41) is 9.17. The number of carboxylic acids is 1. The number of carbonyl (C=O) groups is 1. The third-order valence-electron chi connectivity index (χ3n) is 3.34. The molecule has 0 aliphatic carbocycles. The predicted octanol–water partition coefficient (Wildman–Crippen LogP) is 1.84. The summed E-state index contributed by atoms with van der Waals surface area (Å²) >= 11 is 0. The van der Waals surface area contributed by atoms with Gasteiger partial charge in [-0.1, -0.05) is 20.8 Å². The lowest BCUT2D eigenvalue weighted by Crippen LogP contribution is -2.44. The quantitative estimate of drug-likeness (QED) is 0.741. The Morgan fingerprint density at radius 1 is 1.41 bits per heavy atom. The first-order chi connectivity index (χ1) is 8.06. The van der Waals surface area contributed by atoms with Crippen molar-refractivity contribution in [2.45, 2.75) is 39.7 Å². The first-order valence-corrected chi connectivity index (χ1v) is 6.60. The average Bonchev–Trinajstić information content (AvgIpc) is 2.72. The molecule has 0 aromatic heterocycles. The molecule has 4 nitrogen and oxygen atoms in total. The first-order valence-electron chi connectivity index (χ1n) is 6.60. The second-order valence-electron chi connectivity index (χ2n) is 5.27. The van der Waals surface area contributed by atoms with Gasteiger partial charge in [-0.05, 0) is 31.8 Å². The van der Waals surface area contributed by atoms with E-state index in [4.69, 9.17) is 4.74 Å². The van der Waals surface area contributed by atoms with Crippen molar-refractivity contribution in [3.63, 3.8) is 0 Å². The molecule has 0 amide bonds. The summed E-state index contributed by atoms with van der Waals surface area (Å²) in [6.07, 6.45) is 2.17. The summed E-state index contributed by atoms with van der Waals surface area (Å²) in [5.74, 6) is -0.424. The van der Waals surface area contributed by atoms with Crippen LogP contribution in [-0.4, -0.2) is 48.3 Å². The zero-order valence-corrected chi connectivity index (χ0v) is 11.2. The van der Waals surface area contributed by atoms with E-state index >= 15 is 0 Å². The molecule has 0 spiro atoms. The van der Waals surface area contributed by atoms with Crippen molar-refractivity contribution in [2.75, 3.05) is 26.3 Å². The Morgan fingerprint density at radius 2 is 2.12 bits per heavy atom. The lowest BCUT2D eigenvalue weighted by Gasteiger charge is -2.30. The van der Waals surface area contributed by atoms with E-state index in [1.807, 2.05) is 0 Å². The van der Waals surface area contributed by atoms with Crippen LogP contribution in [0, 0.1) is 11.8 Å². The topological polar surface area (TPSA) is 49.8 Å². The number of hydrogen-bond donors (Lipinski definition) is 1.